The Labute approximate surface area is 204 Å². The predicted molar refractivity (Wildman–Crippen MR) is 126 cm³/mol. The van der Waals surface area contributed by atoms with Gasteiger partial charge in [0.1, 0.15) is 18.1 Å². The molecule has 0 aliphatic carbocycles. The molecule has 0 aromatic heterocycles. The van der Waals surface area contributed by atoms with E-state index in [1.165, 1.54) is 6.92 Å². The van der Waals surface area contributed by atoms with Gasteiger partial charge in [-0.15, -0.1) is 0 Å². The van der Waals surface area contributed by atoms with Gasteiger partial charge in [0, 0.05) is 6.42 Å². The Hall–Kier alpha value is -2.81. The Morgan fingerprint density at radius 1 is 0.743 bits per heavy atom. The molecule has 14 heteroatoms. The first kappa shape index (κ1) is 32.2. The number of aliphatic carboxylic acids is 2. The molecule has 0 saturated carbocycles. The summed E-state index contributed by atoms with van der Waals surface area (Å²) in [5.41, 5.74) is 16.6. The van der Waals surface area contributed by atoms with Crippen LogP contribution in [-0.4, -0.2) is 88.3 Å². The van der Waals surface area contributed by atoms with Crippen molar-refractivity contribution in [2.75, 3.05) is 13.1 Å². The number of hydrogen-bond donors (Lipinski definition) is 9. The molecule has 202 valence electrons. The normalized spacial score (nSPS) is 15.2. The lowest BCUT2D eigenvalue weighted by Crippen LogP contribution is -2.59. The molecule has 0 aliphatic heterocycles. The van der Waals surface area contributed by atoms with E-state index in [1.807, 2.05) is 0 Å². The molecule has 0 aromatic rings. The molecule has 0 radical (unpaired) electrons. The number of aliphatic hydroxyl groups excluding tert-OH is 1. The maximum absolute atomic E-state index is 12.8. The van der Waals surface area contributed by atoms with Crippen molar-refractivity contribution in [3.05, 3.63) is 0 Å². The average molecular weight is 505 g/mol. The Morgan fingerprint density at radius 3 is 1.71 bits per heavy atom. The van der Waals surface area contributed by atoms with Gasteiger partial charge in [0.15, 0.2) is 0 Å². The Balaban J connectivity index is 5.38. The van der Waals surface area contributed by atoms with Crippen LogP contribution in [0.25, 0.3) is 0 Å². The summed E-state index contributed by atoms with van der Waals surface area (Å²) >= 11 is 0. The highest BCUT2D eigenvalue weighted by atomic mass is 16.4. The zero-order valence-electron chi connectivity index (χ0n) is 20.1. The van der Waals surface area contributed by atoms with Gasteiger partial charge < -0.3 is 48.5 Å². The molecule has 3 amide bonds. The zero-order valence-corrected chi connectivity index (χ0v) is 20.1. The maximum atomic E-state index is 12.8. The number of carboxylic acid groups (broad SMARTS) is 2. The third-order valence-corrected chi connectivity index (χ3v) is 5.21. The van der Waals surface area contributed by atoms with Gasteiger partial charge in [-0.3, -0.25) is 19.2 Å². The van der Waals surface area contributed by atoms with Gasteiger partial charge >= 0.3 is 11.9 Å². The van der Waals surface area contributed by atoms with Crippen LogP contribution < -0.4 is 33.2 Å². The van der Waals surface area contributed by atoms with Crippen molar-refractivity contribution in [1.82, 2.24) is 16.0 Å². The highest BCUT2D eigenvalue weighted by Crippen LogP contribution is 2.07. The minimum atomic E-state index is -1.48. The predicted octanol–water partition coefficient (Wildman–Crippen LogP) is -2.64. The van der Waals surface area contributed by atoms with Crippen molar-refractivity contribution in [1.29, 1.82) is 0 Å². The minimum absolute atomic E-state index is 0.141. The van der Waals surface area contributed by atoms with E-state index in [2.05, 4.69) is 16.0 Å². The number of aliphatic hydroxyl groups is 1. The molecule has 0 bridgehead atoms. The van der Waals surface area contributed by atoms with Crippen LogP contribution in [0, 0.1) is 0 Å². The van der Waals surface area contributed by atoms with Crippen LogP contribution in [0.3, 0.4) is 0 Å². The van der Waals surface area contributed by atoms with E-state index in [1.54, 1.807) is 0 Å². The van der Waals surface area contributed by atoms with Gasteiger partial charge in [0.25, 0.3) is 0 Å². The minimum Gasteiger partial charge on any atom is -0.481 e. The van der Waals surface area contributed by atoms with E-state index in [4.69, 9.17) is 22.3 Å². The number of rotatable bonds is 19. The Morgan fingerprint density at radius 2 is 1.26 bits per heavy atom. The second-order valence-electron chi connectivity index (χ2n) is 8.30. The summed E-state index contributed by atoms with van der Waals surface area (Å²) in [4.78, 5) is 60.1. The summed E-state index contributed by atoms with van der Waals surface area (Å²) in [5.74, 6) is -4.84. The molecular formula is C21H40N6O8. The van der Waals surface area contributed by atoms with Crippen molar-refractivity contribution in [3.63, 3.8) is 0 Å². The number of hydrogen-bond acceptors (Lipinski definition) is 9. The summed E-state index contributed by atoms with van der Waals surface area (Å²) < 4.78 is 0. The van der Waals surface area contributed by atoms with Crippen LogP contribution in [-0.2, 0) is 24.0 Å². The number of nitrogens with two attached hydrogens (primary N) is 3. The van der Waals surface area contributed by atoms with Crippen LogP contribution >= 0.6 is 0 Å². The standard InChI is InChI=1S/C21H40N6O8/c1-12(28)17(27-18(31)13(24)8-9-16(29)30)20(33)25-14(6-2-4-10-22)19(32)26-15(21(34)35)7-3-5-11-23/h12-15,17,28H,2-11,22-24H2,1H3,(H,25,33)(H,26,32)(H,27,31)(H,29,30)(H,34,35). The van der Waals surface area contributed by atoms with Crippen molar-refractivity contribution < 1.29 is 39.3 Å². The molecule has 12 N–H and O–H groups in total. The fourth-order valence-electron chi connectivity index (χ4n) is 3.12. The summed E-state index contributed by atoms with van der Waals surface area (Å²) in [6, 6.07) is -5.04. The molecule has 0 aliphatic rings. The molecule has 14 nitrogen and oxygen atoms in total. The second kappa shape index (κ2) is 17.6. The van der Waals surface area contributed by atoms with E-state index < -0.39 is 59.9 Å². The molecule has 5 unspecified atom stereocenters. The van der Waals surface area contributed by atoms with Gasteiger partial charge in [-0.05, 0) is 65.0 Å². The molecule has 0 heterocycles. The molecule has 35 heavy (non-hydrogen) atoms. The monoisotopic (exact) mass is 504 g/mol. The molecule has 0 spiro atoms. The number of carboxylic acids is 2. The average Bonchev–Trinajstić information content (AvgIpc) is 2.78. The second-order valence-corrected chi connectivity index (χ2v) is 8.30. The third-order valence-electron chi connectivity index (χ3n) is 5.21. The van der Waals surface area contributed by atoms with Crippen molar-refractivity contribution >= 4 is 29.7 Å². The molecular weight excluding hydrogens is 464 g/mol. The van der Waals surface area contributed by atoms with Gasteiger partial charge in [0.2, 0.25) is 17.7 Å². The number of carbonyl (C=O) groups excluding carboxylic acids is 3. The highest BCUT2D eigenvalue weighted by molar-refractivity contribution is 5.94. The van der Waals surface area contributed by atoms with E-state index >= 15 is 0 Å². The Kier molecular flexibility index (Phi) is 16.2. The molecule has 5 atom stereocenters. The van der Waals surface area contributed by atoms with Gasteiger partial charge in [-0.25, -0.2) is 4.79 Å². The van der Waals surface area contributed by atoms with Gasteiger partial charge in [-0.1, -0.05) is 0 Å². The van der Waals surface area contributed by atoms with Crippen molar-refractivity contribution in [2.24, 2.45) is 17.2 Å². The fourth-order valence-corrected chi connectivity index (χ4v) is 3.12. The summed E-state index contributed by atoms with van der Waals surface area (Å²) in [6.45, 7) is 1.97. The molecule has 0 aromatic carbocycles. The summed E-state index contributed by atoms with van der Waals surface area (Å²) in [5, 5.41) is 35.3. The molecule has 0 fully saturated rings. The lowest BCUT2D eigenvalue weighted by Gasteiger charge is -2.26. The quantitative estimate of drug-likeness (QED) is 0.0820. The number of unbranched alkanes of at least 4 members (excludes halogenated alkanes) is 2. The zero-order chi connectivity index (χ0) is 27.0. The van der Waals surface area contributed by atoms with E-state index in [9.17, 15) is 34.2 Å². The van der Waals surface area contributed by atoms with E-state index in [0.29, 0.717) is 38.8 Å². The molecule has 0 rings (SSSR count). The van der Waals surface area contributed by atoms with Gasteiger partial charge in [-0.2, -0.15) is 0 Å². The SMILES string of the molecule is CC(O)C(NC(=O)C(N)CCC(=O)O)C(=O)NC(CCCCN)C(=O)NC(CCCCN)C(=O)O. The molecule has 0 saturated heterocycles. The van der Waals surface area contributed by atoms with Crippen molar-refractivity contribution in [2.45, 2.75) is 88.6 Å². The first-order chi connectivity index (χ1) is 16.4. The van der Waals surface area contributed by atoms with E-state index in [-0.39, 0.29) is 25.7 Å². The number of carbonyl (C=O) groups is 5. The number of nitrogens with one attached hydrogen (secondary N) is 3. The maximum Gasteiger partial charge on any atom is 0.326 e. The third kappa shape index (κ3) is 13.6. The number of amides is 3. The summed E-state index contributed by atoms with van der Waals surface area (Å²) in [6.07, 6.45) is 0.446. The highest BCUT2D eigenvalue weighted by Gasteiger charge is 2.32. The van der Waals surface area contributed by atoms with E-state index in [0.717, 1.165) is 0 Å². The van der Waals surface area contributed by atoms with Crippen molar-refractivity contribution in [3.8, 4) is 0 Å². The first-order valence-electron chi connectivity index (χ1n) is 11.6. The fraction of sp³-hybridized carbons (Fsp3) is 0.762. The van der Waals surface area contributed by atoms with Crippen LogP contribution in [0.15, 0.2) is 0 Å². The lowest BCUT2D eigenvalue weighted by atomic mass is 10.0. The largest absolute Gasteiger partial charge is 0.481 e. The topological polar surface area (TPSA) is 260 Å². The first-order valence-corrected chi connectivity index (χ1v) is 11.6. The Bertz CT molecular complexity index is 705. The lowest BCUT2D eigenvalue weighted by molar-refractivity contribution is -0.142. The van der Waals surface area contributed by atoms with Crippen LogP contribution in [0.2, 0.25) is 0 Å². The smallest absolute Gasteiger partial charge is 0.326 e. The summed E-state index contributed by atoms with van der Waals surface area (Å²) in [7, 11) is 0. The van der Waals surface area contributed by atoms with Crippen LogP contribution in [0.5, 0.6) is 0 Å². The van der Waals surface area contributed by atoms with Crippen LogP contribution in [0.4, 0.5) is 0 Å². The van der Waals surface area contributed by atoms with Gasteiger partial charge in [0.05, 0.1) is 12.1 Å². The van der Waals surface area contributed by atoms with Crippen LogP contribution in [0.1, 0.15) is 58.3 Å².